The number of Topliss-reactive ketones (excluding diaryl/α,β-unsaturated/α-hetero) is 1. The van der Waals surface area contributed by atoms with Gasteiger partial charge in [-0.05, 0) is 69.0 Å². The highest BCUT2D eigenvalue weighted by atomic mass is 35.5. The monoisotopic (exact) mass is 484 g/mol. The molecule has 1 saturated heterocycles. The second kappa shape index (κ2) is 11.2. The number of aliphatic hydroxyl groups is 1. The molecule has 0 aromatic heterocycles. The predicted molar refractivity (Wildman–Crippen MR) is 132 cm³/mol. The summed E-state index contributed by atoms with van der Waals surface area (Å²) < 4.78 is 11.1. The lowest BCUT2D eigenvalue weighted by atomic mass is 9.95. The molecule has 1 N–H and O–H groups in total. The number of carbonyl (C=O) groups is 2. The number of halogens is 1. The van der Waals surface area contributed by atoms with Crippen LogP contribution in [-0.4, -0.2) is 67.5 Å². The number of ether oxygens (including phenoxy) is 2. The lowest BCUT2D eigenvalue weighted by Crippen LogP contribution is -2.32. The van der Waals surface area contributed by atoms with Crippen LogP contribution in [0.4, 0.5) is 0 Å². The molecule has 0 radical (unpaired) electrons. The van der Waals surface area contributed by atoms with E-state index in [1.54, 1.807) is 48.5 Å². The van der Waals surface area contributed by atoms with Crippen LogP contribution < -0.4 is 9.47 Å². The largest absolute Gasteiger partial charge is 0.507 e. The van der Waals surface area contributed by atoms with E-state index in [1.807, 2.05) is 19.0 Å². The van der Waals surface area contributed by atoms with E-state index >= 15 is 0 Å². The van der Waals surface area contributed by atoms with Gasteiger partial charge in [0, 0.05) is 17.1 Å². The summed E-state index contributed by atoms with van der Waals surface area (Å²) in [4.78, 5) is 29.7. The molecule has 1 amide bonds. The molecule has 2 aromatic rings. The number of aliphatic hydroxyl groups excluding tert-OH is 1. The number of likely N-dealkylation sites (tertiary alicyclic amines) is 1. The van der Waals surface area contributed by atoms with Crippen molar-refractivity contribution in [3.63, 3.8) is 0 Å². The van der Waals surface area contributed by atoms with E-state index in [4.69, 9.17) is 21.1 Å². The van der Waals surface area contributed by atoms with Crippen LogP contribution in [-0.2, 0) is 9.59 Å². The van der Waals surface area contributed by atoms with Gasteiger partial charge in [-0.15, -0.1) is 0 Å². The molecule has 1 fully saturated rings. The van der Waals surface area contributed by atoms with E-state index in [0.29, 0.717) is 47.2 Å². The van der Waals surface area contributed by atoms with E-state index < -0.39 is 17.7 Å². The first-order chi connectivity index (χ1) is 16.3. The third-order valence-corrected chi connectivity index (χ3v) is 5.77. The molecule has 1 aliphatic rings. The second-order valence-corrected chi connectivity index (χ2v) is 8.60. The molecular weight excluding hydrogens is 456 g/mol. The Labute approximate surface area is 204 Å². The summed E-state index contributed by atoms with van der Waals surface area (Å²) in [5, 5.41) is 11.6. The van der Waals surface area contributed by atoms with Crippen molar-refractivity contribution in [1.82, 2.24) is 9.80 Å². The zero-order valence-electron chi connectivity index (χ0n) is 19.6. The summed E-state index contributed by atoms with van der Waals surface area (Å²) >= 11 is 5.98. The molecule has 0 bridgehead atoms. The van der Waals surface area contributed by atoms with Crippen LogP contribution in [0.5, 0.6) is 11.5 Å². The third kappa shape index (κ3) is 5.43. The Hall–Kier alpha value is -3.29. The Morgan fingerprint density at radius 1 is 1.18 bits per heavy atom. The van der Waals surface area contributed by atoms with Gasteiger partial charge in [0.1, 0.15) is 12.4 Å². The Balaban J connectivity index is 2.11. The van der Waals surface area contributed by atoms with Crippen molar-refractivity contribution in [1.29, 1.82) is 0 Å². The fourth-order valence-corrected chi connectivity index (χ4v) is 4.03. The Kier molecular flexibility index (Phi) is 8.36. The van der Waals surface area contributed by atoms with Crippen molar-refractivity contribution >= 4 is 29.1 Å². The molecule has 34 heavy (non-hydrogen) atoms. The van der Waals surface area contributed by atoms with Crippen LogP contribution in [0.25, 0.3) is 5.76 Å². The van der Waals surface area contributed by atoms with Crippen LogP contribution >= 0.6 is 11.6 Å². The number of nitrogens with zero attached hydrogens (tertiary/aromatic N) is 2. The number of amides is 1. The molecular formula is C26H29ClN2O5. The van der Waals surface area contributed by atoms with Crippen molar-refractivity contribution in [2.75, 3.05) is 40.9 Å². The maximum absolute atomic E-state index is 13.1. The van der Waals surface area contributed by atoms with Crippen LogP contribution in [0.1, 0.15) is 23.6 Å². The highest BCUT2D eigenvalue weighted by Gasteiger charge is 2.46. The maximum atomic E-state index is 13.1. The van der Waals surface area contributed by atoms with Gasteiger partial charge in [0.25, 0.3) is 11.7 Å². The summed E-state index contributed by atoms with van der Waals surface area (Å²) in [6.45, 7) is 5.04. The van der Waals surface area contributed by atoms with Crippen molar-refractivity contribution in [3.05, 3.63) is 76.8 Å². The number of carbonyl (C=O) groups excluding carboxylic acids is 2. The van der Waals surface area contributed by atoms with E-state index in [2.05, 4.69) is 6.58 Å². The fraction of sp³-hybridized carbons (Fsp3) is 0.308. The molecule has 1 aliphatic heterocycles. The SMILES string of the molecule is C=CCOc1ccc([C@@H]2C(=C(O)c3ccc(Cl)cc3)C(=O)C(=O)N2CCCN(C)C)cc1OC. The summed E-state index contributed by atoms with van der Waals surface area (Å²) in [6, 6.07) is 10.9. The molecule has 180 valence electrons. The summed E-state index contributed by atoms with van der Waals surface area (Å²) in [7, 11) is 5.40. The number of rotatable bonds is 10. The molecule has 2 aromatic carbocycles. The third-order valence-electron chi connectivity index (χ3n) is 5.52. The van der Waals surface area contributed by atoms with E-state index in [9.17, 15) is 14.7 Å². The predicted octanol–water partition coefficient (Wildman–Crippen LogP) is 4.29. The first kappa shape index (κ1) is 25.3. The van der Waals surface area contributed by atoms with Gasteiger partial charge in [-0.1, -0.05) is 30.3 Å². The Morgan fingerprint density at radius 2 is 1.88 bits per heavy atom. The van der Waals surface area contributed by atoms with Gasteiger partial charge >= 0.3 is 0 Å². The number of benzene rings is 2. The van der Waals surface area contributed by atoms with Gasteiger partial charge in [0.15, 0.2) is 11.5 Å². The van der Waals surface area contributed by atoms with Crippen LogP contribution in [0.2, 0.25) is 5.02 Å². The molecule has 3 rings (SSSR count). The topological polar surface area (TPSA) is 79.3 Å². The Morgan fingerprint density at radius 3 is 2.50 bits per heavy atom. The van der Waals surface area contributed by atoms with E-state index in [0.717, 1.165) is 6.54 Å². The van der Waals surface area contributed by atoms with Crippen LogP contribution in [0.3, 0.4) is 0 Å². The molecule has 0 aliphatic carbocycles. The van der Waals surface area contributed by atoms with Gasteiger partial charge in [-0.2, -0.15) is 0 Å². The number of hydrogen-bond donors (Lipinski definition) is 1. The zero-order chi connectivity index (χ0) is 24.8. The quantitative estimate of drug-likeness (QED) is 0.234. The first-order valence-corrected chi connectivity index (χ1v) is 11.3. The number of ketones is 1. The Bertz CT molecular complexity index is 1090. The molecule has 1 atom stereocenters. The lowest BCUT2D eigenvalue weighted by molar-refractivity contribution is -0.139. The minimum Gasteiger partial charge on any atom is -0.507 e. The summed E-state index contributed by atoms with van der Waals surface area (Å²) in [5.74, 6) is -0.669. The van der Waals surface area contributed by atoms with E-state index in [-0.39, 0.29) is 11.3 Å². The lowest BCUT2D eigenvalue weighted by Gasteiger charge is -2.26. The average molecular weight is 485 g/mol. The molecule has 7 nitrogen and oxygen atoms in total. The fourth-order valence-electron chi connectivity index (χ4n) is 3.90. The van der Waals surface area contributed by atoms with Crippen LogP contribution in [0, 0.1) is 0 Å². The normalized spacial score (nSPS) is 17.3. The molecule has 0 saturated carbocycles. The smallest absolute Gasteiger partial charge is 0.295 e. The van der Waals surface area contributed by atoms with Gasteiger partial charge in [0.05, 0.1) is 18.7 Å². The average Bonchev–Trinajstić information content (AvgIpc) is 3.07. The minimum atomic E-state index is -0.778. The molecule has 1 heterocycles. The standard InChI is InChI=1S/C26H29ClN2O5/c1-5-15-34-20-12-9-18(16-21(20)33-4)23-22(24(30)17-7-10-19(27)11-8-17)25(31)26(32)29(23)14-6-13-28(2)3/h5,7-12,16,23,30H,1,6,13-15H2,2-4H3/t23-/m1/s1. The van der Waals surface area contributed by atoms with E-state index in [1.165, 1.54) is 12.0 Å². The van der Waals surface area contributed by atoms with Gasteiger partial charge in [-0.25, -0.2) is 0 Å². The van der Waals surface area contributed by atoms with Gasteiger partial charge in [-0.3, -0.25) is 9.59 Å². The number of methoxy groups -OCH3 is 1. The highest BCUT2D eigenvalue weighted by Crippen LogP contribution is 2.42. The molecule has 8 heteroatoms. The first-order valence-electron chi connectivity index (χ1n) is 10.9. The number of hydrogen-bond acceptors (Lipinski definition) is 6. The van der Waals surface area contributed by atoms with Crippen molar-refractivity contribution in [3.8, 4) is 11.5 Å². The maximum Gasteiger partial charge on any atom is 0.295 e. The summed E-state index contributed by atoms with van der Waals surface area (Å²) in [6.07, 6.45) is 2.29. The highest BCUT2D eigenvalue weighted by molar-refractivity contribution is 6.46. The van der Waals surface area contributed by atoms with Crippen molar-refractivity contribution in [2.45, 2.75) is 12.5 Å². The van der Waals surface area contributed by atoms with Crippen molar-refractivity contribution in [2.24, 2.45) is 0 Å². The second-order valence-electron chi connectivity index (χ2n) is 8.17. The molecule has 0 unspecified atom stereocenters. The van der Waals surface area contributed by atoms with Gasteiger partial charge in [0.2, 0.25) is 0 Å². The zero-order valence-corrected chi connectivity index (χ0v) is 20.3. The van der Waals surface area contributed by atoms with Crippen molar-refractivity contribution < 1.29 is 24.2 Å². The summed E-state index contributed by atoms with van der Waals surface area (Å²) in [5.41, 5.74) is 1.06. The van der Waals surface area contributed by atoms with Crippen LogP contribution in [0.15, 0.2) is 60.7 Å². The minimum absolute atomic E-state index is 0.0268. The molecule has 0 spiro atoms. The van der Waals surface area contributed by atoms with Gasteiger partial charge < -0.3 is 24.4 Å².